The van der Waals surface area contributed by atoms with Crippen LogP contribution in [0.5, 0.6) is 0 Å². The zero-order chi connectivity index (χ0) is 30.6. The highest BCUT2D eigenvalue weighted by atomic mass is 35.5. The molecule has 224 valence electrons. The van der Waals surface area contributed by atoms with Gasteiger partial charge in [0.1, 0.15) is 0 Å². The Hall–Kier alpha value is -3.24. The van der Waals surface area contributed by atoms with E-state index in [-0.39, 0.29) is 0 Å². The lowest BCUT2D eigenvalue weighted by molar-refractivity contribution is -0.137. The molecule has 2 aromatic carbocycles. The summed E-state index contributed by atoms with van der Waals surface area (Å²) in [5.41, 5.74) is 3.56. The summed E-state index contributed by atoms with van der Waals surface area (Å²) in [6, 6.07) is 19.5. The quantitative estimate of drug-likeness (QED) is 0.170. The van der Waals surface area contributed by atoms with Crippen LogP contribution < -0.4 is 4.90 Å². The van der Waals surface area contributed by atoms with Gasteiger partial charge in [-0.05, 0) is 73.4 Å². The minimum absolute atomic E-state index is 0.597. The van der Waals surface area contributed by atoms with Gasteiger partial charge in [0.25, 0.3) is 0 Å². The highest BCUT2D eigenvalue weighted by Crippen LogP contribution is 2.36. The number of alkyl halides is 3. The van der Waals surface area contributed by atoms with Gasteiger partial charge in [0.15, 0.2) is 0 Å². The first-order valence-corrected chi connectivity index (χ1v) is 16.2. The van der Waals surface area contributed by atoms with Gasteiger partial charge >= 0.3 is 6.18 Å². The van der Waals surface area contributed by atoms with Gasteiger partial charge in [-0.2, -0.15) is 18.3 Å². The van der Waals surface area contributed by atoms with E-state index in [9.17, 15) is 13.2 Å². The lowest BCUT2D eigenvalue weighted by Gasteiger charge is -2.36. The van der Waals surface area contributed by atoms with Crippen LogP contribution in [0.15, 0.2) is 96.4 Å². The van der Waals surface area contributed by atoms with Crippen LogP contribution in [0.25, 0.3) is 21.8 Å². The normalized spacial score (nSPS) is 15.0. The number of piperazine rings is 1. The van der Waals surface area contributed by atoms with E-state index in [4.69, 9.17) is 16.7 Å². The summed E-state index contributed by atoms with van der Waals surface area (Å²) in [7, 11) is 0. The highest BCUT2D eigenvalue weighted by molar-refractivity contribution is 8.02. The van der Waals surface area contributed by atoms with Gasteiger partial charge in [0, 0.05) is 48.2 Å². The molecule has 1 saturated heterocycles. The van der Waals surface area contributed by atoms with Crippen molar-refractivity contribution in [2.75, 3.05) is 37.3 Å². The van der Waals surface area contributed by atoms with Gasteiger partial charge in [-0.1, -0.05) is 48.5 Å². The predicted octanol–water partition coefficient (Wildman–Crippen LogP) is 9.43. The fourth-order valence-corrected chi connectivity index (χ4v) is 6.69. The fourth-order valence-electron chi connectivity index (χ4n) is 4.99. The summed E-state index contributed by atoms with van der Waals surface area (Å²) in [5, 5.41) is 5.58. The van der Waals surface area contributed by atoms with Crippen LogP contribution in [0, 0.1) is 0 Å². The number of anilines is 1. The van der Waals surface area contributed by atoms with E-state index in [1.807, 2.05) is 53.1 Å². The molecule has 0 spiro atoms. The van der Waals surface area contributed by atoms with Gasteiger partial charge in [-0.25, -0.2) is 4.68 Å². The van der Waals surface area contributed by atoms with Crippen molar-refractivity contribution < 1.29 is 13.2 Å². The van der Waals surface area contributed by atoms with Gasteiger partial charge in [0.05, 0.1) is 32.5 Å². The summed E-state index contributed by atoms with van der Waals surface area (Å²) < 4.78 is 41.6. The number of allylic oxidation sites excluding steroid dienone is 4. The highest BCUT2D eigenvalue weighted by Gasteiger charge is 2.31. The van der Waals surface area contributed by atoms with E-state index in [1.165, 1.54) is 12.1 Å². The maximum absolute atomic E-state index is 13.2. The molecule has 0 aliphatic carbocycles. The summed E-state index contributed by atoms with van der Waals surface area (Å²) >= 11 is 9.95. The Balaban J connectivity index is 1.36. The molecule has 0 saturated carbocycles. The molecule has 0 amide bonds. The van der Waals surface area contributed by atoms with Crippen molar-refractivity contribution in [3.63, 3.8) is 0 Å². The Labute approximate surface area is 263 Å². The monoisotopic (exact) mass is 640 g/mol. The maximum atomic E-state index is 13.2. The van der Waals surface area contributed by atoms with Crippen molar-refractivity contribution in [2.24, 2.45) is 0 Å². The number of para-hydroxylation sites is 1. The molecule has 4 nitrogen and oxygen atoms in total. The van der Waals surface area contributed by atoms with Crippen LogP contribution in [0.4, 0.5) is 18.9 Å². The van der Waals surface area contributed by atoms with Crippen LogP contribution >= 0.6 is 34.7 Å². The Morgan fingerprint density at radius 3 is 2.51 bits per heavy atom. The van der Waals surface area contributed by atoms with Crippen LogP contribution in [-0.2, 0) is 12.7 Å². The number of hydrogen-bond acceptors (Lipinski definition) is 5. The molecule has 0 bridgehead atoms. The molecule has 43 heavy (non-hydrogen) atoms. The summed E-state index contributed by atoms with van der Waals surface area (Å²) in [5.74, 6) is 0. The molecule has 10 heteroatoms. The molecule has 0 atom stereocenters. The topological polar surface area (TPSA) is 24.3 Å². The Kier molecular flexibility index (Phi) is 9.86. The second-order valence-electron chi connectivity index (χ2n) is 10.1. The molecule has 4 aromatic rings. The van der Waals surface area contributed by atoms with Gasteiger partial charge in [-0.15, -0.1) is 23.1 Å². The van der Waals surface area contributed by atoms with Crippen molar-refractivity contribution in [3.05, 3.63) is 118 Å². The number of rotatable bonds is 9. The Bertz CT molecular complexity index is 1650. The third-order valence-corrected chi connectivity index (χ3v) is 9.42. The largest absolute Gasteiger partial charge is 0.416 e. The number of thioether (sulfide) groups is 1. The summed E-state index contributed by atoms with van der Waals surface area (Å²) in [6.45, 7) is 9.61. The molecular weight excluding hydrogens is 609 g/mol. The second kappa shape index (κ2) is 13.6. The van der Waals surface area contributed by atoms with Crippen molar-refractivity contribution in [1.29, 1.82) is 0 Å². The molecule has 3 heterocycles. The molecule has 1 aliphatic rings. The number of thiophene rings is 1. The molecule has 2 aromatic heterocycles. The van der Waals surface area contributed by atoms with Gasteiger partial charge in [0.2, 0.25) is 0 Å². The molecule has 0 unspecified atom stereocenters. The second-order valence-corrected chi connectivity index (χ2v) is 12.5. The van der Waals surface area contributed by atoms with Crippen LogP contribution in [0.1, 0.15) is 23.1 Å². The number of nitrogens with zero attached hydrogens (tertiary/aromatic N) is 4. The molecule has 1 aliphatic heterocycles. The third kappa shape index (κ3) is 7.47. The number of aromatic nitrogens is 2. The standard InChI is InChI=1S/C33H32ClF3N4S2/c1-4-8-27(42-3)19-23(2)31-13-14-32(43-31)30-21-25(38-41(30)29-12-6-5-11-28(29)34)22-39-15-17-40(18-16-39)26-10-7-9-24(20-26)33(35,36)37/h4-14,19-21H,2,15-18,22H2,1,3H3/b8-4-,27-19+. The third-order valence-electron chi connectivity index (χ3n) is 7.20. The van der Waals surface area contributed by atoms with E-state index >= 15 is 0 Å². The van der Waals surface area contributed by atoms with Crippen LogP contribution in [-0.4, -0.2) is 47.1 Å². The number of halogens is 4. The van der Waals surface area contributed by atoms with E-state index in [2.05, 4.69) is 41.8 Å². The average Bonchev–Trinajstić information content (AvgIpc) is 3.65. The maximum Gasteiger partial charge on any atom is 0.416 e. The SMILES string of the molecule is C=C(/C=C(\C=C/C)SC)c1ccc(-c2cc(CN3CCN(c4cccc(C(F)(F)F)c4)CC3)nn2-c2ccccc2Cl)s1. The smallest absolute Gasteiger partial charge is 0.369 e. The molecule has 1 fully saturated rings. The van der Waals surface area contributed by atoms with E-state index in [0.717, 1.165) is 43.4 Å². The van der Waals surface area contributed by atoms with Gasteiger partial charge in [-0.3, -0.25) is 4.90 Å². The first-order chi connectivity index (χ1) is 20.7. The van der Waals surface area contributed by atoms with E-state index in [0.29, 0.717) is 43.4 Å². The molecule has 0 radical (unpaired) electrons. The van der Waals surface area contributed by atoms with Crippen LogP contribution in [0.3, 0.4) is 0 Å². The number of benzene rings is 2. The molecule has 5 rings (SSSR count). The number of hydrogen-bond donors (Lipinski definition) is 0. The van der Waals surface area contributed by atoms with Crippen molar-refractivity contribution in [2.45, 2.75) is 19.6 Å². The lowest BCUT2D eigenvalue weighted by atomic mass is 10.1. The minimum Gasteiger partial charge on any atom is -0.369 e. The average molecular weight is 641 g/mol. The minimum atomic E-state index is -4.35. The zero-order valence-corrected chi connectivity index (χ0v) is 26.3. The zero-order valence-electron chi connectivity index (χ0n) is 23.9. The van der Waals surface area contributed by atoms with E-state index < -0.39 is 11.7 Å². The summed E-state index contributed by atoms with van der Waals surface area (Å²) in [4.78, 5) is 7.55. The Morgan fingerprint density at radius 2 is 1.81 bits per heavy atom. The van der Waals surface area contributed by atoms with Gasteiger partial charge < -0.3 is 4.90 Å². The van der Waals surface area contributed by atoms with Crippen molar-refractivity contribution in [3.8, 4) is 16.3 Å². The van der Waals surface area contributed by atoms with Crippen LogP contribution in [0.2, 0.25) is 5.02 Å². The van der Waals surface area contributed by atoms with E-state index in [1.54, 1.807) is 29.2 Å². The molecular formula is C33H32ClF3N4S2. The first kappa shape index (κ1) is 31.2. The fraction of sp³-hybridized carbons (Fsp3) is 0.242. The molecule has 0 N–H and O–H groups in total. The Morgan fingerprint density at radius 1 is 1.05 bits per heavy atom. The predicted molar refractivity (Wildman–Crippen MR) is 176 cm³/mol. The summed E-state index contributed by atoms with van der Waals surface area (Å²) in [6.07, 6.45) is 3.88. The lowest BCUT2D eigenvalue weighted by Crippen LogP contribution is -2.46. The van der Waals surface area contributed by atoms with Crippen molar-refractivity contribution in [1.82, 2.24) is 14.7 Å². The first-order valence-electron chi connectivity index (χ1n) is 13.8. The van der Waals surface area contributed by atoms with Crippen molar-refractivity contribution >= 4 is 46.0 Å².